The molecule has 0 spiro atoms. The van der Waals surface area contributed by atoms with E-state index in [2.05, 4.69) is 24.8 Å². The normalized spacial score (nSPS) is 11.0. The maximum atomic E-state index is 14.8. The zero-order chi connectivity index (χ0) is 22.7. The SMILES string of the molecule is CCCCc1cc(F)c(C#Cc2ccc(-c3cc4sc(CCC)cc4s3)c(F)c2)c(F)c1. The van der Waals surface area contributed by atoms with Crippen LogP contribution in [0.1, 0.15) is 54.7 Å². The summed E-state index contributed by atoms with van der Waals surface area (Å²) >= 11 is 3.33. The molecule has 0 nitrogen and oxygen atoms in total. The molecule has 0 aliphatic heterocycles. The van der Waals surface area contributed by atoms with Crippen LogP contribution in [0.4, 0.5) is 13.2 Å². The summed E-state index contributed by atoms with van der Waals surface area (Å²) in [7, 11) is 0. The summed E-state index contributed by atoms with van der Waals surface area (Å²) in [6, 6.07) is 11.6. The minimum absolute atomic E-state index is 0.281. The Balaban J connectivity index is 1.57. The van der Waals surface area contributed by atoms with E-state index in [0.717, 1.165) is 30.6 Å². The van der Waals surface area contributed by atoms with Gasteiger partial charge in [0.1, 0.15) is 17.5 Å². The Labute approximate surface area is 194 Å². The van der Waals surface area contributed by atoms with Crippen molar-refractivity contribution in [3.05, 3.63) is 81.5 Å². The largest absolute Gasteiger partial charge is 0.206 e. The van der Waals surface area contributed by atoms with E-state index in [1.165, 1.54) is 32.5 Å². The summed E-state index contributed by atoms with van der Waals surface area (Å²) in [4.78, 5) is 2.22. The summed E-state index contributed by atoms with van der Waals surface area (Å²) in [5.41, 5.74) is 1.24. The van der Waals surface area contributed by atoms with Crippen molar-refractivity contribution < 1.29 is 13.2 Å². The Hall–Kier alpha value is -2.55. The predicted molar refractivity (Wildman–Crippen MR) is 130 cm³/mol. The monoisotopic (exact) mass is 468 g/mol. The molecule has 2 aromatic heterocycles. The van der Waals surface area contributed by atoms with E-state index < -0.39 is 17.5 Å². The molecule has 0 bridgehead atoms. The molecular formula is C27H23F3S2. The fourth-order valence-electron chi connectivity index (χ4n) is 3.59. The van der Waals surface area contributed by atoms with Crippen LogP contribution in [0, 0.1) is 29.3 Å². The third kappa shape index (κ3) is 4.92. The van der Waals surface area contributed by atoms with Gasteiger partial charge in [-0.1, -0.05) is 38.5 Å². The number of thiophene rings is 2. The van der Waals surface area contributed by atoms with Crippen molar-refractivity contribution in [1.29, 1.82) is 0 Å². The molecule has 4 aromatic rings. The maximum absolute atomic E-state index is 14.8. The first kappa shape index (κ1) is 22.6. The van der Waals surface area contributed by atoms with E-state index in [4.69, 9.17) is 0 Å². The van der Waals surface area contributed by atoms with Crippen LogP contribution in [0.25, 0.3) is 19.8 Å². The summed E-state index contributed by atoms with van der Waals surface area (Å²) in [6.07, 6.45) is 4.62. The van der Waals surface area contributed by atoms with Crippen LogP contribution in [0.2, 0.25) is 0 Å². The van der Waals surface area contributed by atoms with Crippen LogP contribution in [-0.2, 0) is 12.8 Å². The van der Waals surface area contributed by atoms with Crippen molar-refractivity contribution >= 4 is 32.1 Å². The molecule has 0 saturated carbocycles. The quantitative estimate of drug-likeness (QED) is 0.248. The predicted octanol–water partition coefficient (Wildman–Crippen LogP) is 8.74. The number of unbranched alkanes of at least 4 members (excludes halogenated alkanes) is 1. The smallest absolute Gasteiger partial charge is 0.142 e. The molecule has 0 amide bonds. The molecule has 4 rings (SSSR count). The van der Waals surface area contributed by atoms with Gasteiger partial charge in [-0.25, -0.2) is 13.2 Å². The Morgan fingerprint density at radius 2 is 1.50 bits per heavy atom. The van der Waals surface area contributed by atoms with Gasteiger partial charge in [0.05, 0.1) is 5.56 Å². The average molecular weight is 469 g/mol. The topological polar surface area (TPSA) is 0 Å². The average Bonchev–Trinajstić information content (AvgIpc) is 3.30. The zero-order valence-corrected chi connectivity index (χ0v) is 19.7. The van der Waals surface area contributed by atoms with Crippen LogP contribution < -0.4 is 0 Å². The molecule has 32 heavy (non-hydrogen) atoms. The minimum atomic E-state index is -0.679. The van der Waals surface area contributed by atoms with Gasteiger partial charge in [-0.3, -0.25) is 0 Å². The Morgan fingerprint density at radius 3 is 2.16 bits per heavy atom. The van der Waals surface area contributed by atoms with Gasteiger partial charge in [0.15, 0.2) is 0 Å². The molecule has 5 heteroatoms. The summed E-state index contributed by atoms with van der Waals surface area (Å²) < 4.78 is 45.8. The summed E-state index contributed by atoms with van der Waals surface area (Å²) in [5, 5.41) is 0. The number of hydrogen-bond donors (Lipinski definition) is 0. The Kier molecular flexibility index (Phi) is 7.03. The molecule has 164 valence electrons. The van der Waals surface area contributed by atoms with E-state index in [1.54, 1.807) is 34.8 Å². The lowest BCUT2D eigenvalue weighted by Gasteiger charge is -2.04. The van der Waals surface area contributed by atoms with E-state index in [9.17, 15) is 13.2 Å². The molecule has 0 N–H and O–H groups in total. The molecule has 0 saturated heterocycles. The number of aryl methyl sites for hydroxylation is 2. The van der Waals surface area contributed by atoms with Crippen LogP contribution in [0.5, 0.6) is 0 Å². The number of rotatable bonds is 6. The highest BCUT2D eigenvalue weighted by atomic mass is 32.1. The number of benzene rings is 2. The number of halogens is 3. The fourth-order valence-corrected chi connectivity index (χ4v) is 6.14. The lowest BCUT2D eigenvalue weighted by Crippen LogP contribution is -1.95. The van der Waals surface area contributed by atoms with Crippen molar-refractivity contribution in [2.24, 2.45) is 0 Å². The van der Waals surface area contributed by atoms with Gasteiger partial charge in [0, 0.05) is 30.3 Å². The van der Waals surface area contributed by atoms with Crippen molar-refractivity contribution in [3.63, 3.8) is 0 Å². The van der Waals surface area contributed by atoms with E-state index >= 15 is 0 Å². The first-order chi connectivity index (χ1) is 15.5. The molecule has 0 radical (unpaired) electrons. The molecule has 0 aliphatic rings. The van der Waals surface area contributed by atoms with Gasteiger partial charge in [-0.05, 0) is 67.3 Å². The van der Waals surface area contributed by atoms with E-state index in [-0.39, 0.29) is 5.56 Å². The van der Waals surface area contributed by atoms with Crippen LogP contribution in [-0.4, -0.2) is 0 Å². The Bertz CT molecular complexity index is 1260. The van der Waals surface area contributed by atoms with Gasteiger partial charge in [0.25, 0.3) is 0 Å². The second-order valence-electron chi connectivity index (χ2n) is 7.78. The van der Waals surface area contributed by atoms with Crippen LogP contribution in [0.3, 0.4) is 0 Å². The fraction of sp³-hybridized carbons (Fsp3) is 0.259. The second kappa shape index (κ2) is 9.94. The molecular weight excluding hydrogens is 445 g/mol. The van der Waals surface area contributed by atoms with Crippen molar-refractivity contribution in [1.82, 2.24) is 0 Å². The first-order valence-corrected chi connectivity index (χ1v) is 12.4. The van der Waals surface area contributed by atoms with Gasteiger partial charge >= 0.3 is 0 Å². The van der Waals surface area contributed by atoms with Gasteiger partial charge < -0.3 is 0 Å². The lowest BCUT2D eigenvalue weighted by atomic mass is 10.0. The van der Waals surface area contributed by atoms with E-state index in [0.29, 0.717) is 23.1 Å². The third-order valence-electron chi connectivity index (χ3n) is 5.24. The van der Waals surface area contributed by atoms with Crippen molar-refractivity contribution in [2.75, 3.05) is 0 Å². The first-order valence-electron chi connectivity index (χ1n) is 10.8. The zero-order valence-electron chi connectivity index (χ0n) is 18.0. The maximum Gasteiger partial charge on any atom is 0.142 e. The molecule has 0 fully saturated rings. The lowest BCUT2D eigenvalue weighted by molar-refractivity contribution is 0.572. The number of hydrogen-bond acceptors (Lipinski definition) is 2. The van der Waals surface area contributed by atoms with Gasteiger partial charge in [-0.2, -0.15) is 0 Å². The summed E-state index contributed by atoms with van der Waals surface area (Å²) in [5.74, 6) is 3.49. The molecule has 0 unspecified atom stereocenters. The van der Waals surface area contributed by atoms with Gasteiger partial charge in [0.2, 0.25) is 0 Å². The van der Waals surface area contributed by atoms with Crippen molar-refractivity contribution in [2.45, 2.75) is 46.0 Å². The highest BCUT2D eigenvalue weighted by molar-refractivity contribution is 7.29. The molecule has 2 aromatic carbocycles. The standard InChI is InChI=1S/C27H23F3S2/c1-3-5-7-18-13-22(28)20(23(29)14-18)10-8-17-9-11-21(24(30)12-17)25-16-27-26(32-25)15-19(31-27)6-4-2/h9,11-16H,3-7H2,1-2H3. The second-order valence-corrected chi connectivity index (χ2v) is 10.0. The van der Waals surface area contributed by atoms with Crippen LogP contribution >= 0.6 is 22.7 Å². The number of fused-ring (bicyclic) bond motifs is 1. The third-order valence-corrected chi connectivity index (χ3v) is 7.63. The molecule has 0 atom stereocenters. The van der Waals surface area contributed by atoms with E-state index in [1.807, 2.05) is 13.0 Å². The van der Waals surface area contributed by atoms with Gasteiger partial charge in [-0.15, -0.1) is 22.7 Å². The van der Waals surface area contributed by atoms with Crippen molar-refractivity contribution in [3.8, 4) is 22.3 Å². The highest BCUT2D eigenvalue weighted by Crippen LogP contribution is 2.39. The minimum Gasteiger partial charge on any atom is -0.206 e. The van der Waals surface area contributed by atoms with Crippen LogP contribution in [0.15, 0.2) is 42.5 Å². The molecule has 2 heterocycles. The molecule has 0 aliphatic carbocycles. The summed E-state index contributed by atoms with van der Waals surface area (Å²) in [6.45, 7) is 4.19. The Morgan fingerprint density at radius 1 is 0.750 bits per heavy atom. The highest BCUT2D eigenvalue weighted by Gasteiger charge is 2.13.